The minimum atomic E-state index is -0.410. The molecule has 0 aliphatic carbocycles. The summed E-state index contributed by atoms with van der Waals surface area (Å²) in [6.45, 7) is 0.539. The highest BCUT2D eigenvalue weighted by Gasteiger charge is 2.04. The van der Waals surface area contributed by atoms with Crippen LogP contribution >= 0.6 is 0 Å². The highest BCUT2D eigenvalue weighted by atomic mass is 19.1. The molecule has 0 fully saturated rings. The van der Waals surface area contributed by atoms with Crippen LogP contribution in [0.5, 0.6) is 0 Å². The second kappa shape index (κ2) is 4.66. The van der Waals surface area contributed by atoms with Crippen molar-refractivity contribution in [2.24, 2.45) is 7.05 Å². The molecule has 2 rings (SSSR count). The Morgan fingerprint density at radius 1 is 1.53 bits per heavy atom. The molecule has 4 nitrogen and oxygen atoms in total. The third-order valence-electron chi connectivity index (χ3n) is 2.48. The van der Waals surface area contributed by atoms with Gasteiger partial charge in [-0.1, -0.05) is 0 Å². The van der Waals surface area contributed by atoms with Crippen LogP contribution in [0.4, 0.5) is 10.1 Å². The van der Waals surface area contributed by atoms with Crippen molar-refractivity contribution in [3.05, 3.63) is 47.8 Å². The summed E-state index contributed by atoms with van der Waals surface area (Å²) in [5.74, 6) is -0.410. The first-order valence-corrected chi connectivity index (χ1v) is 5.09. The maximum absolute atomic E-state index is 12.9. The summed E-state index contributed by atoms with van der Waals surface area (Å²) in [5.41, 5.74) is 1.90. The first-order valence-electron chi connectivity index (χ1n) is 5.09. The number of nitrogens with one attached hydrogen (secondary N) is 1. The second-order valence-electron chi connectivity index (χ2n) is 3.65. The number of benzene rings is 1. The van der Waals surface area contributed by atoms with Gasteiger partial charge < -0.3 is 9.88 Å². The van der Waals surface area contributed by atoms with Crippen molar-refractivity contribution in [3.63, 3.8) is 0 Å². The number of hydrogen-bond acceptors (Lipinski definition) is 3. The third kappa shape index (κ3) is 2.42. The molecule has 0 unspecified atom stereocenters. The Morgan fingerprint density at radius 2 is 2.35 bits per heavy atom. The minimum absolute atomic E-state index is 0.298. The zero-order chi connectivity index (χ0) is 12.3. The van der Waals surface area contributed by atoms with Gasteiger partial charge in [-0.3, -0.25) is 0 Å². The molecule has 1 heterocycles. The van der Waals surface area contributed by atoms with Gasteiger partial charge in [-0.15, -0.1) is 0 Å². The van der Waals surface area contributed by atoms with Crippen molar-refractivity contribution >= 4 is 5.69 Å². The molecule has 2 aromatic rings. The Labute approximate surface area is 98.3 Å². The molecule has 0 aliphatic rings. The number of imidazole rings is 1. The van der Waals surface area contributed by atoms with Crippen molar-refractivity contribution in [1.82, 2.24) is 9.55 Å². The monoisotopic (exact) mass is 230 g/mol. The average Bonchev–Trinajstić information content (AvgIpc) is 2.73. The first kappa shape index (κ1) is 11.1. The SMILES string of the molecule is Cn1cncc1CNc1ccc(F)cc1C#N. The fraction of sp³-hybridized carbons (Fsp3) is 0.167. The minimum Gasteiger partial charge on any atom is -0.378 e. The zero-order valence-corrected chi connectivity index (χ0v) is 9.31. The topological polar surface area (TPSA) is 53.6 Å². The van der Waals surface area contributed by atoms with Gasteiger partial charge >= 0.3 is 0 Å². The molecule has 0 spiro atoms. The number of nitrogens with zero attached hydrogens (tertiary/aromatic N) is 3. The van der Waals surface area contributed by atoms with E-state index in [0.29, 0.717) is 17.8 Å². The number of anilines is 1. The quantitative estimate of drug-likeness (QED) is 0.877. The van der Waals surface area contributed by atoms with E-state index in [0.717, 1.165) is 5.69 Å². The van der Waals surface area contributed by atoms with E-state index in [4.69, 9.17) is 5.26 Å². The predicted molar refractivity (Wildman–Crippen MR) is 61.6 cm³/mol. The van der Waals surface area contributed by atoms with Crippen LogP contribution in [0, 0.1) is 17.1 Å². The van der Waals surface area contributed by atoms with Gasteiger partial charge in [0, 0.05) is 13.2 Å². The number of aryl methyl sites for hydroxylation is 1. The van der Waals surface area contributed by atoms with Crippen LogP contribution in [0.15, 0.2) is 30.7 Å². The highest BCUT2D eigenvalue weighted by molar-refractivity contribution is 5.57. The molecule has 1 aromatic carbocycles. The lowest BCUT2D eigenvalue weighted by atomic mass is 10.2. The Bertz CT molecular complexity index is 568. The van der Waals surface area contributed by atoms with Gasteiger partial charge in [0.1, 0.15) is 11.9 Å². The molecular formula is C12H11FN4. The summed E-state index contributed by atoms with van der Waals surface area (Å²) in [6, 6.07) is 6.06. The molecule has 1 aromatic heterocycles. The maximum Gasteiger partial charge on any atom is 0.124 e. The highest BCUT2D eigenvalue weighted by Crippen LogP contribution is 2.16. The molecule has 0 radical (unpaired) electrons. The molecule has 0 aliphatic heterocycles. The van der Waals surface area contributed by atoms with Crippen molar-refractivity contribution in [1.29, 1.82) is 5.26 Å². The fourth-order valence-electron chi connectivity index (χ4n) is 1.50. The number of aromatic nitrogens is 2. The van der Waals surface area contributed by atoms with E-state index in [9.17, 15) is 4.39 Å². The molecule has 1 N–H and O–H groups in total. The summed E-state index contributed by atoms with van der Waals surface area (Å²) in [7, 11) is 1.89. The standard InChI is InChI=1S/C12H11FN4/c1-17-8-15-6-11(17)7-16-12-3-2-10(13)4-9(12)5-14/h2-4,6,8,16H,7H2,1H3. The van der Waals surface area contributed by atoms with E-state index in [1.54, 1.807) is 18.6 Å². The van der Waals surface area contributed by atoms with Crippen LogP contribution in [0.3, 0.4) is 0 Å². The Kier molecular flexibility index (Phi) is 3.06. The third-order valence-corrected chi connectivity index (χ3v) is 2.48. The lowest BCUT2D eigenvalue weighted by Gasteiger charge is -2.08. The smallest absolute Gasteiger partial charge is 0.124 e. The number of rotatable bonds is 3. The van der Waals surface area contributed by atoms with Gasteiger partial charge in [0.05, 0.1) is 29.8 Å². The van der Waals surface area contributed by atoms with Crippen molar-refractivity contribution in [2.75, 3.05) is 5.32 Å². The molecule has 5 heteroatoms. The number of nitriles is 1. The molecule has 17 heavy (non-hydrogen) atoms. The number of halogens is 1. The molecular weight excluding hydrogens is 219 g/mol. The van der Waals surface area contributed by atoms with E-state index < -0.39 is 5.82 Å². The summed E-state index contributed by atoms with van der Waals surface area (Å²) >= 11 is 0. The van der Waals surface area contributed by atoms with E-state index in [-0.39, 0.29) is 0 Å². The van der Waals surface area contributed by atoms with Crippen molar-refractivity contribution in [3.8, 4) is 6.07 Å². The summed E-state index contributed by atoms with van der Waals surface area (Å²) in [5, 5.41) is 12.0. The molecule has 86 valence electrons. The number of hydrogen-bond donors (Lipinski definition) is 1. The van der Waals surface area contributed by atoms with Crippen LogP contribution in [0.25, 0.3) is 0 Å². The van der Waals surface area contributed by atoms with Gasteiger partial charge in [0.2, 0.25) is 0 Å². The Morgan fingerprint density at radius 3 is 3.00 bits per heavy atom. The van der Waals surface area contributed by atoms with E-state index in [2.05, 4.69) is 10.3 Å². The van der Waals surface area contributed by atoms with E-state index in [1.807, 2.05) is 17.7 Å². The molecule has 0 amide bonds. The largest absolute Gasteiger partial charge is 0.378 e. The normalized spacial score (nSPS) is 9.94. The van der Waals surface area contributed by atoms with Gasteiger partial charge in [-0.25, -0.2) is 9.37 Å². The Hall–Kier alpha value is -2.35. The van der Waals surface area contributed by atoms with Gasteiger partial charge in [0.15, 0.2) is 0 Å². The molecule has 0 saturated carbocycles. The zero-order valence-electron chi connectivity index (χ0n) is 9.31. The van der Waals surface area contributed by atoms with Gasteiger partial charge in [-0.2, -0.15) is 5.26 Å². The van der Waals surface area contributed by atoms with Crippen LogP contribution in [0.1, 0.15) is 11.3 Å². The van der Waals surface area contributed by atoms with Crippen LogP contribution in [-0.4, -0.2) is 9.55 Å². The van der Waals surface area contributed by atoms with Gasteiger partial charge in [-0.05, 0) is 18.2 Å². The lowest BCUT2D eigenvalue weighted by Crippen LogP contribution is -2.05. The van der Waals surface area contributed by atoms with Gasteiger partial charge in [0.25, 0.3) is 0 Å². The lowest BCUT2D eigenvalue weighted by molar-refractivity contribution is 0.627. The molecule has 0 atom stereocenters. The maximum atomic E-state index is 12.9. The molecule has 0 saturated heterocycles. The van der Waals surface area contributed by atoms with E-state index >= 15 is 0 Å². The fourth-order valence-corrected chi connectivity index (χ4v) is 1.50. The summed E-state index contributed by atoms with van der Waals surface area (Å²) in [6.07, 6.45) is 3.44. The van der Waals surface area contributed by atoms with Crippen LogP contribution < -0.4 is 5.32 Å². The van der Waals surface area contributed by atoms with E-state index in [1.165, 1.54) is 12.1 Å². The van der Waals surface area contributed by atoms with Crippen molar-refractivity contribution in [2.45, 2.75) is 6.54 Å². The summed E-state index contributed by atoms with van der Waals surface area (Å²) < 4.78 is 14.8. The summed E-state index contributed by atoms with van der Waals surface area (Å²) in [4.78, 5) is 3.99. The van der Waals surface area contributed by atoms with Crippen LogP contribution in [0.2, 0.25) is 0 Å². The average molecular weight is 230 g/mol. The van der Waals surface area contributed by atoms with Crippen molar-refractivity contribution < 1.29 is 4.39 Å². The second-order valence-corrected chi connectivity index (χ2v) is 3.65. The molecule has 0 bridgehead atoms. The Balaban J connectivity index is 2.15. The predicted octanol–water partition coefficient (Wildman–Crippen LogP) is 2.04. The van der Waals surface area contributed by atoms with Crippen LogP contribution in [-0.2, 0) is 13.6 Å². The first-order chi connectivity index (χ1) is 8.20.